The molecule has 0 radical (unpaired) electrons. The largest absolute Gasteiger partial charge is 0.469 e. The molecule has 3 saturated carbocycles. The summed E-state index contributed by atoms with van der Waals surface area (Å²) in [5.74, 6) is 3.83. The fraction of sp³-hybridized carbons (Fsp3) is 0.900. The van der Waals surface area contributed by atoms with E-state index in [2.05, 4.69) is 0 Å². The Kier molecular flexibility index (Phi) is 1.18. The summed E-state index contributed by atoms with van der Waals surface area (Å²) >= 11 is 0. The summed E-state index contributed by atoms with van der Waals surface area (Å²) in [5.41, 5.74) is 0. The summed E-state index contributed by atoms with van der Waals surface area (Å²) in [6.07, 6.45) is 3.83. The number of ether oxygens (including phenoxy) is 1. The molecule has 0 bridgehead atoms. The van der Waals surface area contributed by atoms with Gasteiger partial charge in [-0.25, -0.2) is 0 Å². The minimum atomic E-state index is 0.0489. The summed E-state index contributed by atoms with van der Waals surface area (Å²) < 4.78 is 4.81. The van der Waals surface area contributed by atoms with Crippen LogP contribution in [0.25, 0.3) is 0 Å². The second kappa shape index (κ2) is 2.04. The molecule has 66 valence electrons. The molecule has 3 aliphatic rings. The van der Waals surface area contributed by atoms with Crippen molar-refractivity contribution >= 4 is 5.97 Å². The van der Waals surface area contributed by atoms with E-state index in [-0.39, 0.29) is 11.9 Å². The lowest BCUT2D eigenvalue weighted by molar-refractivity contribution is -0.147. The lowest BCUT2D eigenvalue weighted by Crippen LogP contribution is -2.22. The molecule has 12 heavy (non-hydrogen) atoms. The van der Waals surface area contributed by atoms with E-state index in [1.54, 1.807) is 0 Å². The topological polar surface area (TPSA) is 26.3 Å². The summed E-state index contributed by atoms with van der Waals surface area (Å²) in [5, 5.41) is 0. The van der Waals surface area contributed by atoms with Crippen LogP contribution in [0.2, 0.25) is 0 Å². The van der Waals surface area contributed by atoms with Crippen LogP contribution in [0.3, 0.4) is 0 Å². The molecule has 3 aliphatic carbocycles. The predicted octanol–water partition coefficient (Wildman–Crippen LogP) is 1.45. The first-order valence-corrected chi connectivity index (χ1v) is 4.89. The number of hydrogen-bond donors (Lipinski definition) is 0. The van der Waals surface area contributed by atoms with Gasteiger partial charge in [0.2, 0.25) is 0 Å². The maximum absolute atomic E-state index is 11.3. The number of methoxy groups -OCH3 is 1. The molecule has 0 heterocycles. The van der Waals surface area contributed by atoms with Gasteiger partial charge in [-0.3, -0.25) is 4.79 Å². The number of fused-ring (bicyclic) bond motifs is 3. The molecule has 0 unspecified atom stereocenters. The van der Waals surface area contributed by atoms with Crippen molar-refractivity contribution in [1.29, 1.82) is 0 Å². The van der Waals surface area contributed by atoms with E-state index < -0.39 is 0 Å². The number of carbonyl (C=O) groups excluding carboxylic acids is 1. The molecule has 5 atom stereocenters. The first-order valence-electron chi connectivity index (χ1n) is 4.89. The highest BCUT2D eigenvalue weighted by atomic mass is 16.5. The van der Waals surface area contributed by atoms with Gasteiger partial charge in [0, 0.05) is 0 Å². The summed E-state index contributed by atoms with van der Waals surface area (Å²) in [7, 11) is 1.51. The van der Waals surface area contributed by atoms with Crippen LogP contribution in [0, 0.1) is 29.6 Å². The molecule has 0 saturated heterocycles. The molecule has 2 heteroatoms. The van der Waals surface area contributed by atoms with Crippen molar-refractivity contribution in [2.75, 3.05) is 7.11 Å². The number of rotatable bonds is 1. The molecule has 0 N–H and O–H groups in total. The fourth-order valence-electron chi connectivity index (χ4n) is 3.18. The van der Waals surface area contributed by atoms with Crippen LogP contribution in [0.1, 0.15) is 19.3 Å². The van der Waals surface area contributed by atoms with Crippen LogP contribution < -0.4 is 0 Å². The van der Waals surface area contributed by atoms with E-state index in [0.29, 0.717) is 5.92 Å². The summed E-state index contributed by atoms with van der Waals surface area (Å²) in [6, 6.07) is 0. The zero-order valence-electron chi connectivity index (χ0n) is 7.32. The first kappa shape index (κ1) is 6.93. The van der Waals surface area contributed by atoms with E-state index in [1.807, 2.05) is 0 Å². The van der Waals surface area contributed by atoms with Crippen molar-refractivity contribution in [3.63, 3.8) is 0 Å². The van der Waals surface area contributed by atoms with Gasteiger partial charge in [0.1, 0.15) is 0 Å². The molecule has 0 aromatic carbocycles. The zero-order chi connectivity index (χ0) is 8.29. The third kappa shape index (κ3) is 0.782. The van der Waals surface area contributed by atoms with Crippen LogP contribution in [-0.4, -0.2) is 13.1 Å². The Balaban J connectivity index is 1.76. The van der Waals surface area contributed by atoms with Crippen molar-refractivity contribution in [3.8, 4) is 0 Å². The quantitative estimate of drug-likeness (QED) is 0.551. The Morgan fingerprint density at radius 3 is 2.75 bits per heavy atom. The fourth-order valence-corrected chi connectivity index (χ4v) is 3.18. The Bertz CT molecular complexity index is 236. The van der Waals surface area contributed by atoms with Crippen molar-refractivity contribution in [3.05, 3.63) is 0 Å². The molecule has 0 aliphatic heterocycles. The molecule has 0 amide bonds. The summed E-state index contributed by atoms with van der Waals surface area (Å²) in [4.78, 5) is 11.3. The van der Waals surface area contributed by atoms with Crippen LogP contribution in [-0.2, 0) is 9.53 Å². The number of esters is 1. The second-order valence-electron chi connectivity index (χ2n) is 4.59. The number of carbonyl (C=O) groups is 1. The predicted molar refractivity (Wildman–Crippen MR) is 43.3 cm³/mol. The van der Waals surface area contributed by atoms with E-state index in [0.717, 1.165) is 24.2 Å². The smallest absolute Gasteiger partial charge is 0.308 e. The molecule has 0 aromatic rings. The van der Waals surface area contributed by atoms with Gasteiger partial charge in [-0.2, -0.15) is 0 Å². The van der Waals surface area contributed by atoms with Gasteiger partial charge in [-0.05, 0) is 42.9 Å². The van der Waals surface area contributed by atoms with Crippen LogP contribution in [0.15, 0.2) is 0 Å². The van der Waals surface area contributed by atoms with Gasteiger partial charge in [-0.15, -0.1) is 0 Å². The van der Waals surface area contributed by atoms with Crippen molar-refractivity contribution < 1.29 is 9.53 Å². The molecule has 3 rings (SSSR count). The lowest BCUT2D eigenvalue weighted by Gasteiger charge is -2.17. The number of hydrogen-bond acceptors (Lipinski definition) is 2. The Morgan fingerprint density at radius 1 is 1.17 bits per heavy atom. The third-order valence-electron chi connectivity index (χ3n) is 4.00. The normalized spacial score (nSPS) is 53.6. The van der Waals surface area contributed by atoms with Crippen molar-refractivity contribution in [1.82, 2.24) is 0 Å². The van der Waals surface area contributed by atoms with Crippen LogP contribution in [0.5, 0.6) is 0 Å². The van der Waals surface area contributed by atoms with E-state index in [1.165, 1.54) is 20.0 Å². The molecule has 0 aromatic heterocycles. The van der Waals surface area contributed by atoms with Gasteiger partial charge in [-0.1, -0.05) is 0 Å². The SMILES string of the molecule is COC(=O)[C@@H]1C[C@@H]2C[C@@H]2[C@H]2C[C@H]21. The maximum atomic E-state index is 11.3. The maximum Gasteiger partial charge on any atom is 0.308 e. The van der Waals surface area contributed by atoms with E-state index in [4.69, 9.17) is 4.74 Å². The third-order valence-corrected chi connectivity index (χ3v) is 4.00. The highest BCUT2D eigenvalue weighted by Crippen LogP contribution is 2.67. The van der Waals surface area contributed by atoms with Crippen LogP contribution in [0.4, 0.5) is 0 Å². The second-order valence-corrected chi connectivity index (χ2v) is 4.59. The van der Waals surface area contributed by atoms with Crippen molar-refractivity contribution in [2.45, 2.75) is 19.3 Å². The first-order chi connectivity index (χ1) is 5.81. The van der Waals surface area contributed by atoms with E-state index >= 15 is 0 Å². The molecule has 3 fully saturated rings. The molecule has 2 nitrogen and oxygen atoms in total. The van der Waals surface area contributed by atoms with E-state index in [9.17, 15) is 4.79 Å². The van der Waals surface area contributed by atoms with Gasteiger partial charge in [0.05, 0.1) is 13.0 Å². The average Bonchev–Trinajstić information content (AvgIpc) is 2.89. The molecular weight excluding hydrogens is 152 g/mol. The summed E-state index contributed by atoms with van der Waals surface area (Å²) in [6.45, 7) is 0. The Morgan fingerprint density at radius 2 is 2.00 bits per heavy atom. The van der Waals surface area contributed by atoms with Gasteiger partial charge in [0.15, 0.2) is 0 Å². The highest BCUT2D eigenvalue weighted by molar-refractivity contribution is 5.73. The molecule has 0 spiro atoms. The minimum absolute atomic E-state index is 0.0489. The Labute approximate surface area is 72.3 Å². The average molecular weight is 166 g/mol. The lowest BCUT2D eigenvalue weighted by atomic mass is 9.89. The van der Waals surface area contributed by atoms with Gasteiger partial charge in [0.25, 0.3) is 0 Å². The molecular formula is C10H14O2. The monoisotopic (exact) mass is 166 g/mol. The van der Waals surface area contributed by atoms with Gasteiger partial charge < -0.3 is 4.74 Å². The minimum Gasteiger partial charge on any atom is -0.469 e. The van der Waals surface area contributed by atoms with Crippen LogP contribution >= 0.6 is 0 Å². The van der Waals surface area contributed by atoms with Gasteiger partial charge >= 0.3 is 5.97 Å². The standard InChI is InChI=1S/C10H14O2/c1-12-10(11)9-3-5-2-6(5)7-4-8(7)9/h5-9H,2-4H2,1H3/t5-,6-,7+,8+,9+/m0/s1. The van der Waals surface area contributed by atoms with Crippen molar-refractivity contribution in [2.24, 2.45) is 29.6 Å². The zero-order valence-corrected chi connectivity index (χ0v) is 7.32. The Hall–Kier alpha value is -0.530. The highest BCUT2D eigenvalue weighted by Gasteiger charge is 2.62.